The van der Waals surface area contributed by atoms with Crippen LogP contribution in [0.25, 0.3) is 0 Å². The molecule has 1 aromatic carbocycles. The number of carbonyl (C=O) groups excluding carboxylic acids is 1. The highest BCUT2D eigenvalue weighted by Gasteiger charge is 2.24. The highest BCUT2D eigenvalue weighted by Crippen LogP contribution is 2.26. The van der Waals surface area contributed by atoms with E-state index in [1.165, 1.54) is 0 Å². The third kappa shape index (κ3) is 5.48. The number of nitrogens with zero attached hydrogens (tertiary/aromatic N) is 1. The molecule has 2 N–H and O–H groups in total. The van der Waals surface area contributed by atoms with Crippen molar-refractivity contribution in [3.8, 4) is 0 Å². The van der Waals surface area contributed by atoms with Crippen LogP contribution in [0, 0.1) is 21.8 Å². The van der Waals surface area contributed by atoms with Crippen molar-refractivity contribution in [3.05, 3.63) is 38.7 Å². The molecule has 23 heavy (non-hydrogen) atoms. The molecule has 1 rings (SSSR count). The number of hydrogen-bond acceptors (Lipinski definition) is 4. The highest BCUT2D eigenvalue weighted by atomic mass is 35.5. The number of carboxylic acid groups (broad SMARTS) is 1. The Hall–Kier alpha value is -2.22. The lowest BCUT2D eigenvalue weighted by Crippen LogP contribution is -2.42. The number of carboxylic acids is 1. The summed E-state index contributed by atoms with van der Waals surface area (Å²) in [6.45, 7) is 3.59. The van der Waals surface area contributed by atoms with E-state index in [1.807, 2.05) is 0 Å². The first-order valence-electron chi connectivity index (χ1n) is 6.76. The van der Waals surface area contributed by atoms with Gasteiger partial charge in [-0.3, -0.25) is 14.9 Å². The van der Waals surface area contributed by atoms with E-state index >= 15 is 0 Å². The second kappa shape index (κ2) is 7.87. The molecule has 0 saturated carbocycles. The van der Waals surface area contributed by atoms with Crippen LogP contribution < -0.4 is 5.32 Å². The van der Waals surface area contributed by atoms with E-state index in [-0.39, 0.29) is 17.9 Å². The Kier molecular flexibility index (Phi) is 6.44. The molecular formula is C14H16ClFN2O5. The van der Waals surface area contributed by atoms with Gasteiger partial charge in [0.2, 0.25) is 5.91 Å². The van der Waals surface area contributed by atoms with Crippen molar-refractivity contribution in [3.63, 3.8) is 0 Å². The summed E-state index contributed by atoms with van der Waals surface area (Å²) in [5, 5.41) is 21.9. The van der Waals surface area contributed by atoms with E-state index in [9.17, 15) is 24.1 Å². The van der Waals surface area contributed by atoms with Crippen LogP contribution in [0.5, 0.6) is 0 Å². The Morgan fingerprint density at radius 3 is 2.52 bits per heavy atom. The van der Waals surface area contributed by atoms with E-state index in [0.29, 0.717) is 0 Å². The molecule has 0 aliphatic heterocycles. The lowest BCUT2D eigenvalue weighted by Gasteiger charge is -2.16. The average Bonchev–Trinajstić information content (AvgIpc) is 2.40. The summed E-state index contributed by atoms with van der Waals surface area (Å²) >= 11 is 5.49. The minimum atomic E-state index is -1.20. The van der Waals surface area contributed by atoms with Gasteiger partial charge in [0, 0.05) is 11.6 Å². The number of aliphatic carboxylic acids is 1. The Labute approximate surface area is 136 Å². The Balaban J connectivity index is 2.94. The molecule has 0 saturated heterocycles. The monoisotopic (exact) mass is 346 g/mol. The molecule has 0 aliphatic rings. The topological polar surface area (TPSA) is 110 Å². The smallest absolute Gasteiger partial charge is 0.326 e. The summed E-state index contributed by atoms with van der Waals surface area (Å²) < 4.78 is 13.5. The first-order chi connectivity index (χ1) is 10.6. The van der Waals surface area contributed by atoms with Crippen molar-refractivity contribution in [1.82, 2.24) is 5.32 Å². The van der Waals surface area contributed by atoms with Crippen LogP contribution in [-0.4, -0.2) is 27.9 Å². The van der Waals surface area contributed by atoms with Crippen LogP contribution in [0.1, 0.15) is 25.8 Å². The van der Waals surface area contributed by atoms with Crippen molar-refractivity contribution in [1.29, 1.82) is 0 Å². The molecule has 0 fully saturated rings. The second-order valence-corrected chi connectivity index (χ2v) is 5.82. The summed E-state index contributed by atoms with van der Waals surface area (Å²) in [7, 11) is 0. The molecule has 0 heterocycles. The number of amides is 1. The number of benzene rings is 1. The zero-order chi connectivity index (χ0) is 17.7. The molecule has 0 spiro atoms. The molecule has 0 aliphatic carbocycles. The van der Waals surface area contributed by atoms with Gasteiger partial charge in [0.25, 0.3) is 5.69 Å². The van der Waals surface area contributed by atoms with Gasteiger partial charge in [0.15, 0.2) is 0 Å². The van der Waals surface area contributed by atoms with Crippen LogP contribution in [-0.2, 0) is 16.0 Å². The Bertz CT molecular complexity index is 636. The fourth-order valence-electron chi connectivity index (χ4n) is 2.00. The summed E-state index contributed by atoms with van der Waals surface area (Å²) in [6, 6.07) is 0.513. The normalized spacial score (nSPS) is 12.0. The van der Waals surface area contributed by atoms with E-state index < -0.39 is 45.8 Å². The van der Waals surface area contributed by atoms with Gasteiger partial charge in [-0.05, 0) is 18.4 Å². The number of hydrogen-bond donors (Lipinski definition) is 2. The molecule has 0 bridgehead atoms. The molecule has 0 aromatic heterocycles. The lowest BCUT2D eigenvalue weighted by molar-refractivity contribution is -0.385. The first kappa shape index (κ1) is 18.8. The van der Waals surface area contributed by atoms with Crippen LogP contribution in [0.15, 0.2) is 12.1 Å². The van der Waals surface area contributed by atoms with Gasteiger partial charge >= 0.3 is 5.97 Å². The van der Waals surface area contributed by atoms with Gasteiger partial charge < -0.3 is 10.4 Å². The summed E-state index contributed by atoms with van der Waals surface area (Å²) in [5.41, 5.74) is -0.676. The maximum Gasteiger partial charge on any atom is 0.326 e. The quantitative estimate of drug-likeness (QED) is 0.582. The zero-order valence-electron chi connectivity index (χ0n) is 12.5. The Morgan fingerprint density at radius 1 is 1.43 bits per heavy atom. The number of carbonyl (C=O) groups is 2. The first-order valence-corrected chi connectivity index (χ1v) is 7.14. The fourth-order valence-corrected chi connectivity index (χ4v) is 2.16. The third-order valence-corrected chi connectivity index (χ3v) is 3.30. The molecule has 126 valence electrons. The molecule has 7 nitrogen and oxygen atoms in total. The molecule has 1 amide bonds. The van der Waals surface area contributed by atoms with Gasteiger partial charge in [-0.2, -0.15) is 0 Å². The zero-order valence-corrected chi connectivity index (χ0v) is 13.3. The molecule has 1 aromatic rings. The lowest BCUT2D eigenvalue weighted by atomic mass is 10.0. The number of nitro benzene ring substituents is 1. The van der Waals surface area contributed by atoms with Crippen LogP contribution in [0.3, 0.4) is 0 Å². The average molecular weight is 347 g/mol. The number of nitrogens with one attached hydrogen (secondary N) is 1. The van der Waals surface area contributed by atoms with E-state index in [2.05, 4.69) is 5.32 Å². The fraction of sp³-hybridized carbons (Fsp3) is 0.429. The van der Waals surface area contributed by atoms with Crippen molar-refractivity contribution < 1.29 is 24.0 Å². The number of nitro groups is 1. The summed E-state index contributed by atoms with van der Waals surface area (Å²) in [5.74, 6) is -2.82. The van der Waals surface area contributed by atoms with Gasteiger partial charge in [-0.15, -0.1) is 0 Å². The van der Waals surface area contributed by atoms with Gasteiger partial charge in [0.1, 0.15) is 11.9 Å². The van der Waals surface area contributed by atoms with Crippen LogP contribution in [0.2, 0.25) is 5.02 Å². The minimum absolute atomic E-state index is 0.0266. The largest absolute Gasteiger partial charge is 0.480 e. The Morgan fingerprint density at radius 2 is 2.04 bits per heavy atom. The van der Waals surface area contributed by atoms with E-state index in [4.69, 9.17) is 16.7 Å². The molecule has 1 atom stereocenters. The summed E-state index contributed by atoms with van der Waals surface area (Å²) in [6.07, 6.45) is -0.315. The maximum atomic E-state index is 13.5. The molecular weight excluding hydrogens is 331 g/mol. The minimum Gasteiger partial charge on any atom is -0.480 e. The molecule has 0 unspecified atom stereocenters. The van der Waals surface area contributed by atoms with Crippen LogP contribution in [0.4, 0.5) is 10.1 Å². The van der Waals surface area contributed by atoms with E-state index in [1.54, 1.807) is 13.8 Å². The van der Waals surface area contributed by atoms with E-state index in [0.717, 1.165) is 12.1 Å². The second-order valence-electron chi connectivity index (χ2n) is 5.42. The van der Waals surface area contributed by atoms with Crippen molar-refractivity contribution in [2.75, 3.05) is 0 Å². The SMILES string of the molecule is CC(C)C[C@@H](NC(=O)Cc1cc(F)c(Cl)cc1[N+](=O)[O-])C(=O)O. The highest BCUT2D eigenvalue weighted by molar-refractivity contribution is 6.31. The van der Waals surface area contributed by atoms with Crippen LogP contribution >= 0.6 is 11.6 Å². The van der Waals surface area contributed by atoms with Crippen molar-refractivity contribution >= 4 is 29.2 Å². The molecule has 0 radical (unpaired) electrons. The predicted octanol–water partition coefficient (Wildman–Crippen LogP) is 2.55. The summed E-state index contributed by atoms with van der Waals surface area (Å²) in [4.78, 5) is 33.2. The third-order valence-electron chi connectivity index (χ3n) is 3.01. The maximum absolute atomic E-state index is 13.5. The number of halogens is 2. The predicted molar refractivity (Wildman–Crippen MR) is 80.8 cm³/mol. The number of rotatable bonds is 7. The van der Waals surface area contributed by atoms with Gasteiger partial charge in [0.05, 0.1) is 16.4 Å². The van der Waals surface area contributed by atoms with Crippen molar-refractivity contribution in [2.45, 2.75) is 32.7 Å². The van der Waals surface area contributed by atoms with Crippen molar-refractivity contribution in [2.24, 2.45) is 5.92 Å². The molecule has 9 heteroatoms. The van der Waals surface area contributed by atoms with Gasteiger partial charge in [-0.25, -0.2) is 9.18 Å². The van der Waals surface area contributed by atoms with Gasteiger partial charge in [-0.1, -0.05) is 25.4 Å². The standard InChI is InChI=1S/C14H16ClFN2O5/c1-7(2)3-11(14(20)21)17-13(19)5-8-4-10(16)9(15)6-12(8)18(22)23/h4,6-7,11H,3,5H2,1-2H3,(H,17,19)(H,20,21)/t11-/m1/s1.